The predicted molar refractivity (Wildman–Crippen MR) is 66.2 cm³/mol. The van der Waals surface area contributed by atoms with E-state index >= 15 is 0 Å². The summed E-state index contributed by atoms with van der Waals surface area (Å²) in [5.74, 6) is -0.433. The number of benzene rings is 1. The van der Waals surface area contributed by atoms with Crippen molar-refractivity contribution in [1.29, 1.82) is 0 Å². The molecule has 1 N–H and O–H groups in total. The molecule has 3 nitrogen and oxygen atoms in total. The smallest absolute Gasteiger partial charge is 0.334 e. The first kappa shape index (κ1) is 13.2. The number of esters is 1. The minimum atomic E-state index is -0.433. The molecule has 0 bridgehead atoms. The molecule has 0 unspecified atom stereocenters. The maximum Gasteiger partial charge on any atom is 0.334 e. The Morgan fingerprint density at radius 2 is 2.06 bits per heavy atom. The highest BCUT2D eigenvalue weighted by molar-refractivity contribution is 5.89. The van der Waals surface area contributed by atoms with Crippen LogP contribution in [0.4, 0.5) is 0 Å². The molecule has 0 atom stereocenters. The lowest BCUT2D eigenvalue weighted by atomic mass is 10.1. The summed E-state index contributed by atoms with van der Waals surface area (Å²) in [6.45, 7) is 5.16. The van der Waals surface area contributed by atoms with Crippen LogP contribution in [0.15, 0.2) is 54.1 Å². The highest BCUT2D eigenvalue weighted by Gasteiger charge is 2.09. The second-order valence-electron chi connectivity index (χ2n) is 3.57. The van der Waals surface area contributed by atoms with Gasteiger partial charge in [0, 0.05) is 5.57 Å². The Bertz CT molecular complexity index is 418. The minimum Gasteiger partial charge on any atom is -0.457 e. The van der Waals surface area contributed by atoms with Crippen LogP contribution in [0.2, 0.25) is 0 Å². The Morgan fingerprint density at radius 1 is 1.41 bits per heavy atom. The third-order valence-electron chi connectivity index (χ3n) is 2.42. The van der Waals surface area contributed by atoms with Crippen LogP contribution in [0.1, 0.15) is 12.5 Å². The SMILES string of the molecule is C=C/C(CO)=C(/C)C(=O)OCc1ccccc1. The third-order valence-corrected chi connectivity index (χ3v) is 2.42. The summed E-state index contributed by atoms with van der Waals surface area (Å²) in [4.78, 5) is 11.6. The van der Waals surface area contributed by atoms with Gasteiger partial charge in [-0.1, -0.05) is 43.0 Å². The van der Waals surface area contributed by atoms with E-state index in [2.05, 4.69) is 6.58 Å². The zero-order valence-corrected chi connectivity index (χ0v) is 9.85. The molecule has 0 radical (unpaired) electrons. The first-order valence-corrected chi connectivity index (χ1v) is 5.33. The van der Waals surface area contributed by atoms with E-state index in [1.807, 2.05) is 30.3 Å². The number of rotatable bonds is 5. The molecule has 1 aromatic carbocycles. The van der Waals surface area contributed by atoms with Crippen molar-refractivity contribution in [2.45, 2.75) is 13.5 Å². The van der Waals surface area contributed by atoms with Crippen molar-refractivity contribution in [3.05, 3.63) is 59.7 Å². The number of carbonyl (C=O) groups is 1. The van der Waals surface area contributed by atoms with Crippen LogP contribution in [0.3, 0.4) is 0 Å². The summed E-state index contributed by atoms with van der Waals surface area (Å²) in [6.07, 6.45) is 1.46. The normalized spacial score (nSPS) is 11.6. The molecule has 0 heterocycles. The average molecular weight is 232 g/mol. The maximum absolute atomic E-state index is 11.6. The highest BCUT2D eigenvalue weighted by atomic mass is 16.5. The largest absolute Gasteiger partial charge is 0.457 e. The van der Waals surface area contributed by atoms with Gasteiger partial charge in [0.05, 0.1) is 6.61 Å². The molecule has 17 heavy (non-hydrogen) atoms. The first-order chi connectivity index (χ1) is 8.19. The molecule has 3 heteroatoms. The third kappa shape index (κ3) is 3.89. The van der Waals surface area contributed by atoms with Gasteiger partial charge in [0.25, 0.3) is 0 Å². The van der Waals surface area contributed by atoms with Crippen LogP contribution in [-0.4, -0.2) is 17.7 Å². The van der Waals surface area contributed by atoms with Gasteiger partial charge in [-0.15, -0.1) is 0 Å². The van der Waals surface area contributed by atoms with Crippen LogP contribution in [0.25, 0.3) is 0 Å². The Labute approximate surface area is 101 Å². The minimum absolute atomic E-state index is 0.213. The Morgan fingerprint density at radius 3 is 2.59 bits per heavy atom. The summed E-state index contributed by atoms with van der Waals surface area (Å²) >= 11 is 0. The molecular weight excluding hydrogens is 216 g/mol. The van der Waals surface area contributed by atoms with Gasteiger partial charge >= 0.3 is 5.97 Å². The molecule has 0 fully saturated rings. The van der Waals surface area contributed by atoms with E-state index in [1.54, 1.807) is 6.92 Å². The lowest BCUT2D eigenvalue weighted by Gasteiger charge is -2.07. The highest BCUT2D eigenvalue weighted by Crippen LogP contribution is 2.09. The fourth-order valence-electron chi connectivity index (χ4n) is 1.30. The second kappa shape index (κ2) is 6.66. The number of carbonyl (C=O) groups excluding carboxylic acids is 1. The molecule has 0 aliphatic heterocycles. The van der Waals surface area contributed by atoms with Gasteiger partial charge in [-0.25, -0.2) is 4.79 Å². The van der Waals surface area contributed by atoms with Crippen molar-refractivity contribution >= 4 is 5.97 Å². The first-order valence-electron chi connectivity index (χ1n) is 5.33. The number of aliphatic hydroxyl groups excluding tert-OH is 1. The predicted octanol–water partition coefficient (Wildman–Crippen LogP) is 2.22. The number of hydrogen-bond acceptors (Lipinski definition) is 3. The molecule has 0 saturated carbocycles. The quantitative estimate of drug-likeness (QED) is 0.481. The number of aliphatic hydroxyl groups is 1. The van der Waals surface area contributed by atoms with Gasteiger partial charge < -0.3 is 9.84 Å². The van der Waals surface area contributed by atoms with E-state index in [4.69, 9.17) is 9.84 Å². The van der Waals surface area contributed by atoms with Crippen molar-refractivity contribution in [3.8, 4) is 0 Å². The second-order valence-corrected chi connectivity index (χ2v) is 3.57. The Hall–Kier alpha value is -1.87. The van der Waals surface area contributed by atoms with Crippen LogP contribution in [-0.2, 0) is 16.1 Å². The topological polar surface area (TPSA) is 46.5 Å². The molecule has 0 saturated heterocycles. The van der Waals surface area contributed by atoms with Gasteiger partial charge in [-0.2, -0.15) is 0 Å². The zero-order chi connectivity index (χ0) is 12.7. The molecule has 1 aromatic rings. The Kier molecular flexibility index (Phi) is 5.17. The van der Waals surface area contributed by atoms with Gasteiger partial charge in [-0.3, -0.25) is 0 Å². The molecule has 0 amide bonds. The lowest BCUT2D eigenvalue weighted by Crippen LogP contribution is -2.09. The van der Waals surface area contributed by atoms with Crippen molar-refractivity contribution in [2.24, 2.45) is 0 Å². The maximum atomic E-state index is 11.6. The fourth-order valence-corrected chi connectivity index (χ4v) is 1.30. The van der Waals surface area contributed by atoms with E-state index in [0.29, 0.717) is 11.1 Å². The molecule has 0 aliphatic rings. The molecule has 0 aliphatic carbocycles. The fraction of sp³-hybridized carbons (Fsp3) is 0.214. The number of hydrogen-bond donors (Lipinski definition) is 1. The van der Waals surface area contributed by atoms with Gasteiger partial charge in [0.2, 0.25) is 0 Å². The Balaban J connectivity index is 2.62. The summed E-state index contributed by atoms with van der Waals surface area (Å²) in [5.41, 5.74) is 1.80. The van der Waals surface area contributed by atoms with Gasteiger partial charge in [-0.05, 0) is 18.1 Å². The summed E-state index contributed by atoms with van der Waals surface area (Å²) < 4.78 is 5.12. The summed E-state index contributed by atoms with van der Waals surface area (Å²) in [5, 5.41) is 8.99. The van der Waals surface area contributed by atoms with Gasteiger partial charge in [0.15, 0.2) is 0 Å². The molecule has 1 rings (SSSR count). The standard InChI is InChI=1S/C14H16O3/c1-3-13(9-15)11(2)14(16)17-10-12-7-5-4-6-8-12/h3-8,15H,1,9-10H2,2H3/b13-11+. The van der Waals surface area contributed by atoms with Gasteiger partial charge in [0.1, 0.15) is 6.61 Å². The van der Waals surface area contributed by atoms with Crippen LogP contribution < -0.4 is 0 Å². The van der Waals surface area contributed by atoms with Crippen molar-refractivity contribution in [2.75, 3.05) is 6.61 Å². The monoisotopic (exact) mass is 232 g/mol. The van der Waals surface area contributed by atoms with E-state index in [-0.39, 0.29) is 13.2 Å². The number of ether oxygens (including phenoxy) is 1. The molecule has 90 valence electrons. The van der Waals surface area contributed by atoms with E-state index < -0.39 is 5.97 Å². The summed E-state index contributed by atoms with van der Waals surface area (Å²) in [6, 6.07) is 9.43. The molecule has 0 aromatic heterocycles. The molecular formula is C14H16O3. The van der Waals surface area contributed by atoms with Crippen LogP contribution >= 0.6 is 0 Å². The van der Waals surface area contributed by atoms with Crippen molar-refractivity contribution < 1.29 is 14.6 Å². The van der Waals surface area contributed by atoms with Crippen LogP contribution in [0, 0.1) is 0 Å². The van der Waals surface area contributed by atoms with E-state index in [0.717, 1.165) is 5.56 Å². The van der Waals surface area contributed by atoms with E-state index in [9.17, 15) is 4.79 Å². The van der Waals surface area contributed by atoms with Crippen LogP contribution in [0.5, 0.6) is 0 Å². The van der Waals surface area contributed by atoms with E-state index in [1.165, 1.54) is 6.08 Å². The average Bonchev–Trinajstić information content (AvgIpc) is 2.38. The zero-order valence-electron chi connectivity index (χ0n) is 9.85. The summed E-state index contributed by atoms with van der Waals surface area (Å²) in [7, 11) is 0. The van der Waals surface area contributed by atoms with Crippen molar-refractivity contribution in [1.82, 2.24) is 0 Å². The lowest BCUT2D eigenvalue weighted by molar-refractivity contribution is -0.140. The molecule has 0 spiro atoms. The van der Waals surface area contributed by atoms with Crippen molar-refractivity contribution in [3.63, 3.8) is 0 Å².